The Hall–Kier alpha value is -1.74. The highest BCUT2D eigenvalue weighted by Gasteiger charge is 2.44. The molecule has 2 aromatic heterocycles. The fourth-order valence-corrected chi connectivity index (χ4v) is 3.95. The number of pyridine rings is 2. The number of aromatic nitrogens is 2. The molecule has 3 unspecified atom stereocenters. The van der Waals surface area contributed by atoms with Crippen molar-refractivity contribution in [1.82, 2.24) is 14.9 Å². The average Bonchev–Trinajstić information content (AvgIpc) is 3.04. The van der Waals surface area contributed by atoms with Crippen LogP contribution in [-0.2, 0) is 0 Å². The first-order valence-corrected chi connectivity index (χ1v) is 7.41. The van der Waals surface area contributed by atoms with Crippen LogP contribution in [0.3, 0.4) is 0 Å². The fourth-order valence-electron chi connectivity index (χ4n) is 3.95. The molecule has 2 saturated heterocycles. The number of rotatable bonds is 2. The Morgan fingerprint density at radius 1 is 1.20 bits per heavy atom. The maximum atomic E-state index is 4.46. The van der Waals surface area contributed by atoms with E-state index in [-0.39, 0.29) is 0 Å². The average molecular weight is 265 g/mol. The predicted octanol–water partition coefficient (Wildman–Crippen LogP) is 3.09. The number of nitrogens with zero attached hydrogens (tertiary/aromatic N) is 3. The lowest BCUT2D eigenvalue weighted by molar-refractivity contribution is 0.307. The van der Waals surface area contributed by atoms with Crippen molar-refractivity contribution in [2.45, 2.75) is 37.3 Å². The van der Waals surface area contributed by atoms with Crippen molar-refractivity contribution < 1.29 is 0 Å². The van der Waals surface area contributed by atoms with Gasteiger partial charge in [0.2, 0.25) is 0 Å². The summed E-state index contributed by atoms with van der Waals surface area (Å²) in [5.74, 6) is 0.648. The van der Waals surface area contributed by atoms with Crippen LogP contribution in [0.1, 0.15) is 30.7 Å². The van der Waals surface area contributed by atoms with Crippen LogP contribution in [0.5, 0.6) is 0 Å². The summed E-state index contributed by atoms with van der Waals surface area (Å²) in [7, 11) is 2.28. The van der Waals surface area contributed by atoms with Gasteiger partial charge in [-0.2, -0.15) is 0 Å². The van der Waals surface area contributed by atoms with Gasteiger partial charge in [-0.1, -0.05) is 6.07 Å². The third kappa shape index (κ3) is 1.85. The van der Waals surface area contributed by atoms with E-state index in [1.165, 1.54) is 24.8 Å². The van der Waals surface area contributed by atoms with E-state index in [4.69, 9.17) is 0 Å². The monoisotopic (exact) mass is 265 g/mol. The topological polar surface area (TPSA) is 29.0 Å². The maximum absolute atomic E-state index is 4.46. The minimum absolute atomic E-state index is 0.648. The minimum atomic E-state index is 0.648. The van der Waals surface area contributed by atoms with Crippen LogP contribution >= 0.6 is 0 Å². The Morgan fingerprint density at radius 3 is 2.85 bits per heavy atom. The van der Waals surface area contributed by atoms with Crippen LogP contribution in [0.25, 0.3) is 11.3 Å². The molecule has 2 aliphatic heterocycles. The van der Waals surface area contributed by atoms with E-state index >= 15 is 0 Å². The molecule has 0 aromatic carbocycles. The Labute approximate surface area is 119 Å². The SMILES string of the molecule is CN1C2CCC1C(c1cncc(-c3ccccn3)c1)C2. The molecular formula is C17H19N3. The van der Waals surface area contributed by atoms with E-state index in [1.54, 1.807) is 0 Å². The molecule has 3 nitrogen and oxygen atoms in total. The van der Waals surface area contributed by atoms with E-state index in [0.717, 1.165) is 17.3 Å². The quantitative estimate of drug-likeness (QED) is 0.835. The lowest BCUT2D eigenvalue weighted by Crippen LogP contribution is -2.25. The summed E-state index contributed by atoms with van der Waals surface area (Å²) in [6.07, 6.45) is 9.79. The Balaban J connectivity index is 1.67. The molecule has 0 saturated carbocycles. The first kappa shape index (κ1) is 12.0. The highest BCUT2D eigenvalue weighted by molar-refractivity contribution is 5.58. The predicted molar refractivity (Wildman–Crippen MR) is 79.4 cm³/mol. The third-order valence-electron chi connectivity index (χ3n) is 5.03. The van der Waals surface area contributed by atoms with Crippen molar-refractivity contribution >= 4 is 0 Å². The second kappa shape index (κ2) is 4.67. The summed E-state index contributed by atoms with van der Waals surface area (Å²) >= 11 is 0. The summed E-state index contributed by atoms with van der Waals surface area (Å²) < 4.78 is 0. The van der Waals surface area contributed by atoms with Crippen molar-refractivity contribution in [3.63, 3.8) is 0 Å². The molecular weight excluding hydrogens is 246 g/mol. The Morgan fingerprint density at radius 2 is 2.15 bits per heavy atom. The van der Waals surface area contributed by atoms with Crippen LogP contribution in [0.15, 0.2) is 42.9 Å². The molecule has 0 amide bonds. The van der Waals surface area contributed by atoms with Crippen LogP contribution in [0.2, 0.25) is 0 Å². The van der Waals surface area contributed by atoms with Gasteiger partial charge in [-0.05, 0) is 50.1 Å². The summed E-state index contributed by atoms with van der Waals surface area (Å²) in [4.78, 5) is 11.5. The molecule has 102 valence electrons. The second-order valence-corrected chi connectivity index (χ2v) is 6.03. The van der Waals surface area contributed by atoms with Gasteiger partial charge in [-0.15, -0.1) is 0 Å². The smallest absolute Gasteiger partial charge is 0.0717 e. The van der Waals surface area contributed by atoms with Crippen molar-refractivity contribution in [2.75, 3.05) is 7.05 Å². The van der Waals surface area contributed by atoms with Gasteiger partial charge < -0.3 is 0 Å². The van der Waals surface area contributed by atoms with Crippen molar-refractivity contribution in [1.29, 1.82) is 0 Å². The molecule has 4 rings (SSSR count). The Kier molecular flexibility index (Phi) is 2.81. The molecule has 3 heteroatoms. The zero-order valence-corrected chi connectivity index (χ0v) is 11.7. The zero-order chi connectivity index (χ0) is 13.5. The summed E-state index contributed by atoms with van der Waals surface area (Å²) in [5.41, 5.74) is 3.53. The van der Waals surface area contributed by atoms with Gasteiger partial charge in [0.1, 0.15) is 0 Å². The van der Waals surface area contributed by atoms with E-state index in [1.807, 2.05) is 36.8 Å². The number of hydrogen-bond donors (Lipinski definition) is 0. The molecule has 2 aromatic rings. The van der Waals surface area contributed by atoms with Crippen molar-refractivity contribution in [3.05, 3.63) is 48.4 Å². The number of fused-ring (bicyclic) bond motifs is 2. The van der Waals surface area contributed by atoms with Gasteiger partial charge in [0, 0.05) is 42.2 Å². The van der Waals surface area contributed by atoms with Gasteiger partial charge in [0.15, 0.2) is 0 Å². The number of hydrogen-bond acceptors (Lipinski definition) is 3. The Bertz CT molecular complexity index is 611. The van der Waals surface area contributed by atoms with Crippen molar-refractivity contribution in [2.24, 2.45) is 0 Å². The molecule has 2 fully saturated rings. The maximum Gasteiger partial charge on any atom is 0.0717 e. The van der Waals surface area contributed by atoms with Gasteiger partial charge in [-0.25, -0.2) is 0 Å². The van der Waals surface area contributed by atoms with E-state index in [9.17, 15) is 0 Å². The van der Waals surface area contributed by atoms with Gasteiger partial charge in [-0.3, -0.25) is 14.9 Å². The highest BCUT2D eigenvalue weighted by atomic mass is 15.2. The molecule has 4 heterocycles. The van der Waals surface area contributed by atoms with E-state index in [2.05, 4.69) is 28.0 Å². The van der Waals surface area contributed by atoms with Crippen LogP contribution in [0, 0.1) is 0 Å². The van der Waals surface area contributed by atoms with Crippen LogP contribution in [0.4, 0.5) is 0 Å². The van der Waals surface area contributed by atoms with Gasteiger partial charge in [0.05, 0.1) is 5.69 Å². The molecule has 2 aliphatic rings. The normalized spacial score (nSPS) is 28.9. The lowest BCUT2D eigenvalue weighted by Gasteiger charge is -2.22. The molecule has 20 heavy (non-hydrogen) atoms. The zero-order valence-electron chi connectivity index (χ0n) is 11.7. The molecule has 2 bridgehead atoms. The lowest BCUT2D eigenvalue weighted by atomic mass is 9.84. The van der Waals surface area contributed by atoms with E-state index in [0.29, 0.717) is 12.0 Å². The number of likely N-dealkylation sites (N-methyl/N-ethyl adjacent to an activating group) is 1. The van der Waals surface area contributed by atoms with Crippen LogP contribution < -0.4 is 0 Å². The first-order chi connectivity index (χ1) is 9.83. The summed E-state index contributed by atoms with van der Waals surface area (Å²) in [6.45, 7) is 0. The van der Waals surface area contributed by atoms with Gasteiger partial charge >= 0.3 is 0 Å². The summed E-state index contributed by atoms with van der Waals surface area (Å²) in [6, 6.07) is 9.80. The molecule has 0 N–H and O–H groups in total. The molecule has 0 spiro atoms. The second-order valence-electron chi connectivity index (χ2n) is 6.03. The standard InChI is InChI=1S/C17H19N3/c1-20-14-5-6-17(20)15(9-14)12-8-13(11-18-10-12)16-4-2-3-7-19-16/h2-4,7-8,10-11,14-15,17H,5-6,9H2,1H3. The molecule has 0 aliphatic carbocycles. The minimum Gasteiger partial charge on any atom is -0.300 e. The molecule has 3 atom stereocenters. The summed E-state index contributed by atoms with van der Waals surface area (Å²) in [5, 5.41) is 0. The van der Waals surface area contributed by atoms with E-state index < -0.39 is 0 Å². The van der Waals surface area contributed by atoms with Crippen LogP contribution in [-0.4, -0.2) is 34.0 Å². The molecule has 0 radical (unpaired) electrons. The van der Waals surface area contributed by atoms with Gasteiger partial charge in [0.25, 0.3) is 0 Å². The highest BCUT2D eigenvalue weighted by Crippen LogP contribution is 2.45. The first-order valence-electron chi connectivity index (χ1n) is 7.41. The third-order valence-corrected chi connectivity index (χ3v) is 5.03. The largest absolute Gasteiger partial charge is 0.300 e. The fraction of sp³-hybridized carbons (Fsp3) is 0.412. The van der Waals surface area contributed by atoms with Crippen molar-refractivity contribution in [3.8, 4) is 11.3 Å².